The summed E-state index contributed by atoms with van der Waals surface area (Å²) in [5, 5.41) is 16.0. The van der Waals surface area contributed by atoms with Gasteiger partial charge in [-0.15, -0.1) is 0 Å². The zero-order valence-corrected chi connectivity index (χ0v) is 9.64. The van der Waals surface area contributed by atoms with Gasteiger partial charge in [-0.25, -0.2) is 4.79 Å². The summed E-state index contributed by atoms with van der Waals surface area (Å²) in [5.41, 5.74) is -0.954. The number of methoxy groups -OCH3 is 1. The number of nitrogens with one attached hydrogen (secondary N) is 1. The first kappa shape index (κ1) is 14.3. The lowest BCUT2D eigenvalue weighted by molar-refractivity contribution is -0.464. The van der Waals surface area contributed by atoms with E-state index < -0.39 is 23.2 Å². The van der Waals surface area contributed by atoms with E-state index in [1.54, 1.807) is 13.8 Å². The summed E-state index contributed by atoms with van der Waals surface area (Å²) in [4.78, 5) is 25.0. The van der Waals surface area contributed by atoms with Gasteiger partial charge in [0.25, 0.3) is 0 Å². The van der Waals surface area contributed by atoms with Gasteiger partial charge in [0.05, 0.1) is 0 Å². The average Bonchev–Trinajstić information content (AvgIpc) is 2.22. The van der Waals surface area contributed by atoms with Crippen LogP contribution in [0, 0.1) is 10.1 Å². The molecule has 1 N–H and O–H groups in total. The Morgan fingerprint density at radius 3 is 2.50 bits per heavy atom. The number of nitrogens with zero attached hydrogens (tertiary/aromatic N) is 2. The van der Waals surface area contributed by atoms with Crippen LogP contribution in [0.5, 0.6) is 0 Å². The third-order valence-electron chi connectivity index (χ3n) is 1.93. The quantitative estimate of drug-likeness (QED) is 0.320. The van der Waals surface area contributed by atoms with E-state index in [2.05, 4.69) is 15.3 Å². The molecule has 0 heterocycles. The predicted molar refractivity (Wildman–Crippen MR) is 55.9 cm³/mol. The number of hydrogen-bond donors (Lipinski definition) is 1. The van der Waals surface area contributed by atoms with Crippen LogP contribution >= 0.6 is 0 Å². The Morgan fingerprint density at radius 1 is 1.56 bits per heavy atom. The summed E-state index contributed by atoms with van der Waals surface area (Å²) in [6, 6.07) is 0. The molecular weight excluding hydrogens is 218 g/mol. The normalized spacial score (nSPS) is 12.1. The molecule has 0 radical (unpaired) electrons. The molecule has 0 aliphatic carbocycles. The SMILES string of the molecule is CNC(=O)ON=C(C[N+](=O)[O-])C(C)(C)OC. The fraction of sp³-hybridized carbons (Fsp3) is 0.750. The molecule has 0 spiro atoms. The van der Waals surface area contributed by atoms with E-state index in [1.165, 1.54) is 14.2 Å². The Balaban J connectivity index is 4.79. The van der Waals surface area contributed by atoms with Crippen molar-refractivity contribution in [2.45, 2.75) is 19.4 Å². The fourth-order valence-electron chi connectivity index (χ4n) is 0.711. The number of carbonyl (C=O) groups excluding carboxylic acids is 1. The fourth-order valence-corrected chi connectivity index (χ4v) is 0.711. The zero-order chi connectivity index (χ0) is 12.8. The maximum Gasteiger partial charge on any atom is 0.433 e. The lowest BCUT2D eigenvalue weighted by Gasteiger charge is -2.21. The highest BCUT2D eigenvalue weighted by molar-refractivity contribution is 5.92. The molecular formula is C8H15N3O5. The summed E-state index contributed by atoms with van der Waals surface area (Å²) in [5.74, 6) is 0. The molecule has 0 bridgehead atoms. The molecule has 0 aromatic carbocycles. The number of amides is 1. The van der Waals surface area contributed by atoms with Gasteiger partial charge in [-0.2, -0.15) is 0 Å². The molecule has 0 atom stereocenters. The minimum Gasteiger partial charge on any atom is -0.372 e. The van der Waals surface area contributed by atoms with Crippen molar-refractivity contribution in [3.63, 3.8) is 0 Å². The van der Waals surface area contributed by atoms with Crippen LogP contribution in [0.25, 0.3) is 0 Å². The highest BCUT2D eigenvalue weighted by atomic mass is 16.7. The van der Waals surface area contributed by atoms with Crippen LogP contribution in [0.4, 0.5) is 4.79 Å². The minimum absolute atomic E-state index is 0.0172. The average molecular weight is 233 g/mol. The maximum absolute atomic E-state index is 10.8. The van der Waals surface area contributed by atoms with E-state index in [4.69, 9.17) is 4.74 Å². The van der Waals surface area contributed by atoms with Crippen LogP contribution in [0.2, 0.25) is 0 Å². The standard InChI is InChI=1S/C8H15N3O5/c1-8(2,15-4)6(5-11(13)14)10-16-7(12)9-3/h5H2,1-4H3,(H,9,12). The molecule has 16 heavy (non-hydrogen) atoms. The Kier molecular flexibility index (Phi) is 5.37. The monoisotopic (exact) mass is 233 g/mol. The highest BCUT2D eigenvalue weighted by Gasteiger charge is 2.29. The van der Waals surface area contributed by atoms with Gasteiger partial charge in [0, 0.05) is 19.1 Å². The van der Waals surface area contributed by atoms with Crippen molar-refractivity contribution in [3.8, 4) is 0 Å². The van der Waals surface area contributed by atoms with Crippen LogP contribution in [-0.2, 0) is 9.57 Å². The molecule has 0 unspecified atom stereocenters. The number of ether oxygens (including phenoxy) is 1. The molecule has 0 aromatic rings. The molecule has 0 aliphatic heterocycles. The molecule has 0 fully saturated rings. The summed E-state index contributed by atoms with van der Waals surface area (Å²) >= 11 is 0. The highest BCUT2D eigenvalue weighted by Crippen LogP contribution is 2.11. The van der Waals surface area contributed by atoms with Crippen molar-refractivity contribution >= 4 is 11.8 Å². The van der Waals surface area contributed by atoms with Crippen LogP contribution < -0.4 is 5.32 Å². The van der Waals surface area contributed by atoms with Crippen molar-refractivity contribution < 1.29 is 19.3 Å². The van der Waals surface area contributed by atoms with Gasteiger partial charge in [-0.1, -0.05) is 5.16 Å². The third kappa shape index (κ3) is 4.69. The molecule has 8 heteroatoms. The Bertz CT molecular complexity index is 300. The first-order valence-corrected chi connectivity index (χ1v) is 4.46. The van der Waals surface area contributed by atoms with E-state index >= 15 is 0 Å². The van der Waals surface area contributed by atoms with Gasteiger partial charge in [0.15, 0.2) is 5.71 Å². The smallest absolute Gasteiger partial charge is 0.372 e. The topological polar surface area (TPSA) is 103 Å². The van der Waals surface area contributed by atoms with Crippen molar-refractivity contribution in [1.29, 1.82) is 0 Å². The van der Waals surface area contributed by atoms with Crippen molar-refractivity contribution in [3.05, 3.63) is 10.1 Å². The van der Waals surface area contributed by atoms with Gasteiger partial charge in [-0.3, -0.25) is 15.0 Å². The molecule has 0 rings (SSSR count). The predicted octanol–water partition coefficient (Wildman–Crippen LogP) is 0.400. The van der Waals surface area contributed by atoms with Gasteiger partial charge in [0.1, 0.15) is 5.60 Å². The number of rotatable bonds is 5. The summed E-state index contributed by atoms with van der Waals surface area (Å²) in [6.07, 6.45) is -0.798. The summed E-state index contributed by atoms with van der Waals surface area (Å²) < 4.78 is 5.02. The number of oxime groups is 1. The second kappa shape index (κ2) is 6.01. The molecule has 92 valence electrons. The Hall–Kier alpha value is -1.70. The second-order valence-corrected chi connectivity index (χ2v) is 3.37. The van der Waals surface area contributed by atoms with E-state index in [-0.39, 0.29) is 5.71 Å². The number of nitro groups is 1. The summed E-state index contributed by atoms with van der Waals surface area (Å²) in [7, 11) is 2.74. The van der Waals surface area contributed by atoms with Crippen LogP contribution in [-0.4, -0.2) is 43.0 Å². The number of carbonyl (C=O) groups is 1. The maximum atomic E-state index is 10.8. The molecule has 0 aromatic heterocycles. The van der Waals surface area contributed by atoms with Crippen LogP contribution in [0.3, 0.4) is 0 Å². The number of hydrogen-bond acceptors (Lipinski definition) is 6. The largest absolute Gasteiger partial charge is 0.433 e. The van der Waals surface area contributed by atoms with Crippen molar-refractivity contribution in [1.82, 2.24) is 5.32 Å². The summed E-state index contributed by atoms with van der Waals surface area (Å²) in [6.45, 7) is 2.61. The van der Waals surface area contributed by atoms with E-state index in [0.29, 0.717) is 0 Å². The van der Waals surface area contributed by atoms with E-state index in [9.17, 15) is 14.9 Å². The van der Waals surface area contributed by atoms with Crippen LogP contribution in [0.15, 0.2) is 5.16 Å². The first-order valence-electron chi connectivity index (χ1n) is 4.46. The van der Waals surface area contributed by atoms with E-state index in [0.717, 1.165) is 0 Å². The van der Waals surface area contributed by atoms with E-state index in [1.807, 2.05) is 0 Å². The van der Waals surface area contributed by atoms with Crippen molar-refractivity contribution in [2.24, 2.45) is 5.16 Å². The van der Waals surface area contributed by atoms with Gasteiger partial charge in [0.2, 0.25) is 6.54 Å². The molecule has 8 nitrogen and oxygen atoms in total. The second-order valence-electron chi connectivity index (χ2n) is 3.37. The van der Waals surface area contributed by atoms with Gasteiger partial charge >= 0.3 is 6.09 Å². The lowest BCUT2D eigenvalue weighted by Crippen LogP contribution is -2.39. The van der Waals surface area contributed by atoms with Crippen molar-refractivity contribution in [2.75, 3.05) is 20.7 Å². The van der Waals surface area contributed by atoms with Crippen LogP contribution in [0.1, 0.15) is 13.8 Å². The Labute approximate surface area is 92.7 Å². The lowest BCUT2D eigenvalue weighted by atomic mass is 10.0. The Morgan fingerprint density at radius 2 is 2.12 bits per heavy atom. The molecule has 0 aliphatic rings. The molecule has 0 saturated carbocycles. The molecule has 0 saturated heterocycles. The minimum atomic E-state index is -0.971. The zero-order valence-electron chi connectivity index (χ0n) is 9.64. The van der Waals surface area contributed by atoms with Gasteiger partial charge < -0.3 is 10.1 Å². The third-order valence-corrected chi connectivity index (χ3v) is 1.93. The molecule has 1 amide bonds. The van der Waals surface area contributed by atoms with Gasteiger partial charge in [-0.05, 0) is 13.8 Å². The first-order chi connectivity index (χ1) is 7.33.